The average Bonchev–Trinajstić information content (AvgIpc) is 3.11. The Morgan fingerprint density at radius 3 is 2.60 bits per heavy atom. The molecule has 1 aliphatic heterocycles. The summed E-state index contributed by atoms with van der Waals surface area (Å²) >= 11 is 3.46. The predicted molar refractivity (Wildman–Crippen MR) is 120 cm³/mol. The number of ketones is 1. The largest absolute Gasteiger partial charge is 0.507 e. The average molecular weight is 476 g/mol. The number of carbonyl (C=O) groups excluding carboxylic acids is 1. The minimum Gasteiger partial charge on any atom is -0.507 e. The van der Waals surface area contributed by atoms with E-state index < -0.39 is 0 Å². The third-order valence-electron chi connectivity index (χ3n) is 5.65. The molecular formula is C23H26BrNO5. The summed E-state index contributed by atoms with van der Waals surface area (Å²) in [4.78, 5) is 15.1. The number of likely N-dealkylation sites (tertiary alicyclic amines) is 1. The number of nitrogens with zero attached hydrogens (tertiary/aromatic N) is 1. The van der Waals surface area contributed by atoms with Crippen LogP contribution in [0.2, 0.25) is 0 Å². The lowest BCUT2D eigenvalue weighted by molar-refractivity contribution is 0.104. The molecule has 3 rings (SSSR count). The molecule has 0 aromatic heterocycles. The third-order valence-corrected chi connectivity index (χ3v) is 6.38. The SMILES string of the molecule is COc1cc(OC)c(C2CCN(C)C2CO)c(O)c1C(=O)C=Cc1ccccc1Br. The highest BCUT2D eigenvalue weighted by Crippen LogP contribution is 2.47. The molecule has 1 saturated heterocycles. The molecule has 7 heteroatoms. The van der Waals surface area contributed by atoms with Crippen LogP contribution in [0.4, 0.5) is 0 Å². The fourth-order valence-electron chi connectivity index (χ4n) is 4.03. The van der Waals surface area contributed by atoms with Gasteiger partial charge < -0.3 is 24.6 Å². The van der Waals surface area contributed by atoms with Gasteiger partial charge >= 0.3 is 0 Å². The molecule has 0 saturated carbocycles. The number of phenolic OH excluding ortho intramolecular Hbond substituents is 1. The van der Waals surface area contributed by atoms with Gasteiger partial charge in [-0.3, -0.25) is 4.79 Å². The van der Waals surface area contributed by atoms with Gasteiger partial charge in [-0.2, -0.15) is 0 Å². The Kier molecular flexibility index (Phi) is 7.18. The molecule has 2 aromatic rings. The molecule has 2 aromatic carbocycles. The van der Waals surface area contributed by atoms with E-state index in [4.69, 9.17) is 9.47 Å². The van der Waals surface area contributed by atoms with Crippen molar-refractivity contribution in [1.82, 2.24) is 4.90 Å². The fraction of sp³-hybridized carbons (Fsp3) is 0.348. The minimum absolute atomic E-state index is 0.0546. The van der Waals surface area contributed by atoms with Gasteiger partial charge in [0.05, 0.1) is 20.8 Å². The monoisotopic (exact) mass is 475 g/mol. The molecule has 2 unspecified atom stereocenters. The van der Waals surface area contributed by atoms with Crippen molar-refractivity contribution in [2.45, 2.75) is 18.4 Å². The van der Waals surface area contributed by atoms with Gasteiger partial charge in [0.2, 0.25) is 0 Å². The Balaban J connectivity index is 2.08. The van der Waals surface area contributed by atoms with Crippen molar-refractivity contribution in [3.05, 3.63) is 57.6 Å². The number of phenols is 1. The summed E-state index contributed by atoms with van der Waals surface area (Å²) in [6.07, 6.45) is 3.84. The van der Waals surface area contributed by atoms with E-state index in [1.54, 1.807) is 12.1 Å². The summed E-state index contributed by atoms with van der Waals surface area (Å²) in [5, 5.41) is 21.0. The number of hydrogen-bond acceptors (Lipinski definition) is 6. The van der Waals surface area contributed by atoms with Crippen molar-refractivity contribution in [3.8, 4) is 17.2 Å². The van der Waals surface area contributed by atoms with Crippen molar-refractivity contribution in [3.63, 3.8) is 0 Å². The number of ether oxygens (including phenoxy) is 2. The van der Waals surface area contributed by atoms with E-state index in [2.05, 4.69) is 15.9 Å². The number of rotatable bonds is 7. The van der Waals surface area contributed by atoms with Crippen LogP contribution in [0, 0.1) is 0 Å². The van der Waals surface area contributed by atoms with Gasteiger partial charge in [-0.1, -0.05) is 34.1 Å². The smallest absolute Gasteiger partial charge is 0.193 e. The van der Waals surface area contributed by atoms with Gasteiger partial charge in [0.25, 0.3) is 0 Å². The zero-order valence-corrected chi connectivity index (χ0v) is 18.8. The van der Waals surface area contributed by atoms with Crippen molar-refractivity contribution in [2.75, 3.05) is 34.4 Å². The summed E-state index contributed by atoms with van der Waals surface area (Å²) in [6, 6.07) is 9.00. The fourth-order valence-corrected chi connectivity index (χ4v) is 4.45. The van der Waals surface area contributed by atoms with E-state index in [1.807, 2.05) is 36.2 Å². The van der Waals surface area contributed by atoms with E-state index in [0.717, 1.165) is 23.0 Å². The molecule has 0 bridgehead atoms. The Hall–Kier alpha value is -2.35. The first kappa shape index (κ1) is 22.3. The standard InChI is InChI=1S/C23H26BrNO5/c1-25-11-10-15(17(25)13-26)21-19(29-2)12-20(30-3)22(23(21)28)18(27)9-8-14-6-4-5-7-16(14)24/h4-9,12,15,17,26,28H,10-11,13H2,1-3H3. The zero-order valence-electron chi connectivity index (χ0n) is 17.3. The highest BCUT2D eigenvalue weighted by Gasteiger charge is 2.37. The number of allylic oxidation sites excluding steroid dienone is 1. The second-order valence-corrected chi connectivity index (χ2v) is 8.12. The third kappa shape index (κ3) is 4.24. The summed E-state index contributed by atoms with van der Waals surface area (Å²) in [5.74, 6) is -0.0292. The van der Waals surface area contributed by atoms with E-state index in [1.165, 1.54) is 20.3 Å². The van der Waals surface area contributed by atoms with Crippen LogP contribution in [0.15, 0.2) is 40.9 Å². The van der Waals surface area contributed by atoms with Crippen molar-refractivity contribution >= 4 is 27.8 Å². The quantitative estimate of drug-likeness (QED) is 0.467. The maximum atomic E-state index is 13.1. The minimum atomic E-state index is -0.379. The topological polar surface area (TPSA) is 79.2 Å². The number of aliphatic hydroxyl groups excluding tert-OH is 1. The number of aliphatic hydroxyl groups is 1. The maximum Gasteiger partial charge on any atom is 0.193 e. The number of benzene rings is 2. The van der Waals surface area contributed by atoms with Crippen LogP contribution in [0.25, 0.3) is 6.08 Å². The lowest BCUT2D eigenvalue weighted by Gasteiger charge is -2.26. The summed E-state index contributed by atoms with van der Waals surface area (Å²) in [5.41, 5.74) is 1.46. The van der Waals surface area contributed by atoms with Crippen LogP contribution in [0.5, 0.6) is 17.2 Å². The number of likely N-dealkylation sites (N-methyl/N-ethyl adjacent to an activating group) is 1. The summed E-state index contributed by atoms with van der Waals surface area (Å²) < 4.78 is 11.8. The number of hydrogen-bond donors (Lipinski definition) is 2. The van der Waals surface area contributed by atoms with Gasteiger partial charge in [0, 0.05) is 28.1 Å². The first-order valence-corrected chi connectivity index (χ1v) is 10.5. The Morgan fingerprint density at radius 1 is 1.27 bits per heavy atom. The van der Waals surface area contributed by atoms with Crippen molar-refractivity contribution in [1.29, 1.82) is 0 Å². The predicted octanol–water partition coefficient (Wildman–Crippen LogP) is 3.85. The number of methoxy groups -OCH3 is 2. The van der Waals surface area contributed by atoms with Crippen LogP contribution < -0.4 is 9.47 Å². The second-order valence-electron chi connectivity index (χ2n) is 7.26. The molecule has 0 spiro atoms. The molecule has 0 aliphatic carbocycles. The Labute approximate surface area is 184 Å². The van der Waals surface area contributed by atoms with Crippen LogP contribution in [-0.4, -0.2) is 61.4 Å². The zero-order chi connectivity index (χ0) is 21.8. The number of carbonyl (C=O) groups is 1. The highest BCUT2D eigenvalue weighted by molar-refractivity contribution is 9.10. The molecule has 30 heavy (non-hydrogen) atoms. The molecule has 1 fully saturated rings. The van der Waals surface area contributed by atoms with Crippen molar-refractivity contribution < 1.29 is 24.5 Å². The van der Waals surface area contributed by atoms with Crippen LogP contribution in [0.1, 0.15) is 33.8 Å². The van der Waals surface area contributed by atoms with E-state index >= 15 is 0 Å². The number of halogens is 1. The Bertz CT molecular complexity index is 959. The molecule has 6 nitrogen and oxygen atoms in total. The molecule has 0 amide bonds. The molecule has 2 atom stereocenters. The Morgan fingerprint density at radius 2 is 1.97 bits per heavy atom. The molecular weight excluding hydrogens is 450 g/mol. The first-order chi connectivity index (χ1) is 14.4. The van der Waals surface area contributed by atoms with Crippen LogP contribution in [0.3, 0.4) is 0 Å². The van der Waals surface area contributed by atoms with Crippen LogP contribution in [-0.2, 0) is 0 Å². The normalized spacial score (nSPS) is 19.4. The number of aromatic hydroxyl groups is 1. The van der Waals surface area contributed by atoms with Gasteiger partial charge in [-0.15, -0.1) is 0 Å². The van der Waals surface area contributed by atoms with E-state index in [0.29, 0.717) is 11.3 Å². The molecule has 0 radical (unpaired) electrons. The van der Waals surface area contributed by atoms with E-state index in [-0.39, 0.29) is 41.4 Å². The molecule has 1 heterocycles. The summed E-state index contributed by atoms with van der Waals surface area (Å²) in [7, 11) is 4.89. The van der Waals surface area contributed by atoms with Gasteiger partial charge in [0.15, 0.2) is 5.78 Å². The van der Waals surface area contributed by atoms with E-state index in [9.17, 15) is 15.0 Å². The van der Waals surface area contributed by atoms with Crippen LogP contribution >= 0.6 is 15.9 Å². The second kappa shape index (κ2) is 9.64. The lowest BCUT2D eigenvalue weighted by atomic mass is 9.87. The highest BCUT2D eigenvalue weighted by atomic mass is 79.9. The molecule has 1 aliphatic rings. The molecule has 160 valence electrons. The first-order valence-electron chi connectivity index (χ1n) is 9.68. The summed E-state index contributed by atoms with van der Waals surface area (Å²) in [6.45, 7) is 0.719. The molecule has 2 N–H and O–H groups in total. The van der Waals surface area contributed by atoms with Crippen molar-refractivity contribution in [2.24, 2.45) is 0 Å². The van der Waals surface area contributed by atoms with Gasteiger partial charge in [0.1, 0.15) is 22.8 Å². The lowest BCUT2D eigenvalue weighted by Crippen LogP contribution is -2.32. The van der Waals surface area contributed by atoms with Gasteiger partial charge in [-0.05, 0) is 43.8 Å². The maximum absolute atomic E-state index is 13.1. The van der Waals surface area contributed by atoms with Gasteiger partial charge in [-0.25, -0.2) is 0 Å².